The molecular formula is C13H13NS. The van der Waals surface area contributed by atoms with E-state index in [1.54, 1.807) is 11.3 Å². The fourth-order valence-corrected chi connectivity index (χ4v) is 2.63. The molecule has 1 heterocycles. The molecule has 2 aromatic rings. The summed E-state index contributed by atoms with van der Waals surface area (Å²) in [6, 6.07) is 10.4. The molecule has 0 atom stereocenters. The molecule has 0 aliphatic heterocycles. The van der Waals surface area contributed by atoms with Gasteiger partial charge in [-0.25, -0.2) is 4.98 Å². The number of hydrogen-bond acceptors (Lipinski definition) is 2. The zero-order chi connectivity index (χ0) is 10.1. The number of benzene rings is 1. The Morgan fingerprint density at radius 3 is 2.73 bits per heavy atom. The third-order valence-electron chi connectivity index (χ3n) is 2.78. The van der Waals surface area contributed by atoms with Crippen molar-refractivity contribution in [1.29, 1.82) is 0 Å². The van der Waals surface area contributed by atoms with Crippen LogP contribution in [0.5, 0.6) is 0 Å². The third-order valence-corrected chi connectivity index (χ3v) is 3.65. The summed E-state index contributed by atoms with van der Waals surface area (Å²) in [6.07, 6.45) is 4.00. The summed E-state index contributed by atoms with van der Waals surface area (Å²) < 4.78 is 0. The van der Waals surface area contributed by atoms with Gasteiger partial charge in [0, 0.05) is 17.4 Å². The first-order valence-electron chi connectivity index (χ1n) is 5.41. The lowest BCUT2D eigenvalue weighted by atomic mass is 10.2. The van der Waals surface area contributed by atoms with Gasteiger partial charge in [-0.15, -0.1) is 11.3 Å². The maximum Gasteiger partial charge on any atom is 0.0935 e. The lowest BCUT2D eigenvalue weighted by molar-refractivity contribution is 0.825. The molecule has 1 aliphatic rings. The van der Waals surface area contributed by atoms with Crippen LogP contribution in [0.3, 0.4) is 0 Å². The molecule has 0 N–H and O–H groups in total. The van der Waals surface area contributed by atoms with E-state index in [4.69, 9.17) is 0 Å². The summed E-state index contributed by atoms with van der Waals surface area (Å²) in [4.78, 5) is 4.68. The molecule has 3 rings (SSSR count). The summed E-state index contributed by atoms with van der Waals surface area (Å²) in [5, 5.41) is 3.48. The second kappa shape index (κ2) is 3.78. The van der Waals surface area contributed by atoms with E-state index in [-0.39, 0.29) is 0 Å². The molecule has 2 heteroatoms. The van der Waals surface area contributed by atoms with E-state index >= 15 is 0 Å². The number of nitrogens with zero attached hydrogens (tertiary/aromatic N) is 1. The molecule has 1 nitrogen and oxygen atoms in total. The van der Waals surface area contributed by atoms with E-state index in [1.807, 2.05) is 6.07 Å². The van der Waals surface area contributed by atoms with Crippen LogP contribution in [0.1, 0.15) is 17.8 Å². The molecular weight excluding hydrogens is 202 g/mol. The Hall–Kier alpha value is -1.15. The minimum atomic E-state index is 0.930. The average Bonchev–Trinajstić information content (AvgIpc) is 2.96. The van der Waals surface area contributed by atoms with Crippen molar-refractivity contribution in [2.45, 2.75) is 19.3 Å². The molecule has 0 spiro atoms. The van der Waals surface area contributed by atoms with E-state index < -0.39 is 0 Å². The summed E-state index contributed by atoms with van der Waals surface area (Å²) in [5.74, 6) is 0.930. The van der Waals surface area contributed by atoms with Gasteiger partial charge in [-0.3, -0.25) is 0 Å². The molecule has 76 valence electrons. The molecule has 0 radical (unpaired) electrons. The van der Waals surface area contributed by atoms with E-state index in [0.717, 1.165) is 11.6 Å². The first-order valence-corrected chi connectivity index (χ1v) is 6.29. The number of hydrogen-bond donors (Lipinski definition) is 0. The molecule has 0 unspecified atom stereocenters. The van der Waals surface area contributed by atoms with Crippen molar-refractivity contribution in [2.24, 2.45) is 5.92 Å². The van der Waals surface area contributed by atoms with Gasteiger partial charge in [0.05, 0.1) is 10.7 Å². The Morgan fingerprint density at radius 1 is 1.20 bits per heavy atom. The Morgan fingerprint density at radius 2 is 2.00 bits per heavy atom. The van der Waals surface area contributed by atoms with E-state index in [0.29, 0.717) is 0 Å². The molecule has 0 amide bonds. The predicted molar refractivity (Wildman–Crippen MR) is 64.0 cm³/mol. The van der Waals surface area contributed by atoms with Crippen LogP contribution in [-0.4, -0.2) is 4.98 Å². The second-order valence-corrected chi connectivity index (χ2v) is 5.08. The molecule has 1 aliphatic carbocycles. The highest BCUT2D eigenvalue weighted by Gasteiger charge is 2.22. The van der Waals surface area contributed by atoms with Crippen molar-refractivity contribution in [2.75, 3.05) is 0 Å². The standard InChI is InChI=1S/C13H13NS/c1-2-4-11(5-3-1)12-9-15-13(14-12)8-10-6-7-10/h1-5,9-10H,6-8H2. The fraction of sp³-hybridized carbons (Fsp3) is 0.308. The summed E-state index contributed by atoms with van der Waals surface area (Å²) in [7, 11) is 0. The summed E-state index contributed by atoms with van der Waals surface area (Å²) >= 11 is 1.80. The van der Waals surface area contributed by atoms with Crippen LogP contribution in [0.25, 0.3) is 11.3 Å². The van der Waals surface area contributed by atoms with E-state index in [2.05, 4.69) is 34.6 Å². The smallest absolute Gasteiger partial charge is 0.0935 e. The van der Waals surface area contributed by atoms with Gasteiger partial charge in [0.15, 0.2) is 0 Å². The van der Waals surface area contributed by atoms with Gasteiger partial charge in [0.25, 0.3) is 0 Å². The Balaban J connectivity index is 1.83. The molecule has 0 bridgehead atoms. The monoisotopic (exact) mass is 215 g/mol. The van der Waals surface area contributed by atoms with Gasteiger partial charge in [0.1, 0.15) is 0 Å². The van der Waals surface area contributed by atoms with Crippen LogP contribution >= 0.6 is 11.3 Å². The maximum atomic E-state index is 4.68. The first kappa shape index (κ1) is 9.10. The molecule has 15 heavy (non-hydrogen) atoms. The lowest BCUT2D eigenvalue weighted by Crippen LogP contribution is -1.85. The molecule has 1 aromatic carbocycles. The highest BCUT2D eigenvalue weighted by Crippen LogP contribution is 2.34. The fourth-order valence-electron chi connectivity index (χ4n) is 1.72. The number of rotatable bonds is 3. The highest BCUT2D eigenvalue weighted by molar-refractivity contribution is 7.09. The van der Waals surface area contributed by atoms with Crippen LogP contribution in [0.2, 0.25) is 0 Å². The average molecular weight is 215 g/mol. The summed E-state index contributed by atoms with van der Waals surface area (Å²) in [5.41, 5.74) is 2.37. The van der Waals surface area contributed by atoms with Gasteiger partial charge in [-0.05, 0) is 18.8 Å². The Labute approximate surface area is 93.8 Å². The number of aromatic nitrogens is 1. The van der Waals surface area contributed by atoms with Crippen molar-refractivity contribution in [3.63, 3.8) is 0 Å². The van der Waals surface area contributed by atoms with E-state index in [9.17, 15) is 0 Å². The predicted octanol–water partition coefficient (Wildman–Crippen LogP) is 3.76. The minimum Gasteiger partial charge on any atom is -0.241 e. The van der Waals surface area contributed by atoms with Crippen LogP contribution in [0.4, 0.5) is 0 Å². The quantitative estimate of drug-likeness (QED) is 0.759. The largest absolute Gasteiger partial charge is 0.241 e. The van der Waals surface area contributed by atoms with Crippen molar-refractivity contribution in [3.8, 4) is 11.3 Å². The normalized spacial score (nSPS) is 15.5. The Kier molecular flexibility index (Phi) is 2.29. The number of thiazole rings is 1. The molecule has 1 aromatic heterocycles. The maximum absolute atomic E-state index is 4.68. The first-order chi connectivity index (χ1) is 7.42. The van der Waals surface area contributed by atoms with Gasteiger partial charge in [-0.2, -0.15) is 0 Å². The van der Waals surface area contributed by atoms with Crippen molar-refractivity contribution in [1.82, 2.24) is 4.98 Å². The van der Waals surface area contributed by atoms with Crippen molar-refractivity contribution in [3.05, 3.63) is 40.7 Å². The molecule has 0 saturated heterocycles. The Bertz CT molecular complexity index is 443. The SMILES string of the molecule is c1ccc(-c2csc(CC3CC3)n2)cc1. The molecule has 1 saturated carbocycles. The van der Waals surface area contributed by atoms with Crippen molar-refractivity contribution >= 4 is 11.3 Å². The molecule has 1 fully saturated rings. The van der Waals surface area contributed by atoms with Gasteiger partial charge in [-0.1, -0.05) is 30.3 Å². The zero-order valence-electron chi connectivity index (χ0n) is 8.52. The van der Waals surface area contributed by atoms with Crippen molar-refractivity contribution < 1.29 is 0 Å². The van der Waals surface area contributed by atoms with Gasteiger partial charge in [0.2, 0.25) is 0 Å². The van der Waals surface area contributed by atoms with Crippen LogP contribution in [0.15, 0.2) is 35.7 Å². The summed E-state index contributed by atoms with van der Waals surface area (Å²) in [6.45, 7) is 0. The van der Waals surface area contributed by atoms with Crippen LogP contribution in [0, 0.1) is 5.92 Å². The van der Waals surface area contributed by atoms with E-state index in [1.165, 1.54) is 29.8 Å². The van der Waals surface area contributed by atoms with Crippen LogP contribution < -0.4 is 0 Å². The highest BCUT2D eigenvalue weighted by atomic mass is 32.1. The minimum absolute atomic E-state index is 0.930. The lowest BCUT2D eigenvalue weighted by Gasteiger charge is -1.94. The van der Waals surface area contributed by atoms with Gasteiger partial charge < -0.3 is 0 Å². The zero-order valence-corrected chi connectivity index (χ0v) is 9.33. The third kappa shape index (κ3) is 2.10. The topological polar surface area (TPSA) is 12.9 Å². The van der Waals surface area contributed by atoms with Crippen LogP contribution in [-0.2, 0) is 6.42 Å². The van der Waals surface area contributed by atoms with Gasteiger partial charge >= 0.3 is 0 Å². The second-order valence-electron chi connectivity index (χ2n) is 4.14.